The van der Waals surface area contributed by atoms with Crippen LogP contribution in [0.1, 0.15) is 49.0 Å². The highest BCUT2D eigenvalue weighted by Crippen LogP contribution is 2.39. The van der Waals surface area contributed by atoms with Crippen LogP contribution >= 0.6 is 0 Å². The lowest BCUT2D eigenvalue weighted by atomic mass is 9.83. The van der Waals surface area contributed by atoms with E-state index in [0.29, 0.717) is 5.92 Å². The molecule has 0 saturated carbocycles. The maximum atomic E-state index is 6.13. The Morgan fingerprint density at radius 2 is 1.76 bits per heavy atom. The van der Waals surface area contributed by atoms with E-state index in [1.165, 1.54) is 27.8 Å². The van der Waals surface area contributed by atoms with Crippen molar-refractivity contribution in [2.24, 2.45) is 5.92 Å². The lowest BCUT2D eigenvalue weighted by Crippen LogP contribution is -2.09. The quantitative estimate of drug-likeness (QED) is 0.682. The van der Waals surface area contributed by atoms with Crippen LogP contribution in [0.5, 0.6) is 0 Å². The van der Waals surface area contributed by atoms with Crippen molar-refractivity contribution < 1.29 is 4.42 Å². The molecule has 0 spiro atoms. The fourth-order valence-corrected chi connectivity index (χ4v) is 3.12. The van der Waals surface area contributed by atoms with E-state index in [9.17, 15) is 0 Å². The lowest BCUT2D eigenvalue weighted by molar-refractivity contribution is 0.467. The minimum Gasteiger partial charge on any atom is -0.461 e. The Labute approximate surface area is 127 Å². The summed E-state index contributed by atoms with van der Waals surface area (Å²) in [7, 11) is 0. The molecule has 1 unspecified atom stereocenters. The molecule has 2 aromatic rings. The van der Waals surface area contributed by atoms with Crippen molar-refractivity contribution in [2.45, 2.75) is 34.1 Å². The zero-order valence-corrected chi connectivity index (χ0v) is 13.2. The second-order valence-corrected chi connectivity index (χ2v) is 6.05. The van der Waals surface area contributed by atoms with E-state index in [2.05, 4.69) is 64.1 Å². The number of hydrogen-bond donors (Lipinski definition) is 0. The summed E-state index contributed by atoms with van der Waals surface area (Å²) in [4.78, 5) is 0. The first-order valence-electron chi connectivity index (χ1n) is 7.61. The SMILES string of the molecule is CC1=C(C)C(C)Cc2oc(C=Cc3ccccc3)c(C)c21. The molecular weight excluding hydrogens is 256 g/mol. The van der Waals surface area contributed by atoms with Crippen LogP contribution in [0.25, 0.3) is 17.7 Å². The molecule has 21 heavy (non-hydrogen) atoms. The van der Waals surface area contributed by atoms with E-state index < -0.39 is 0 Å². The molecule has 0 N–H and O–H groups in total. The first-order chi connectivity index (χ1) is 10.1. The molecule has 0 radical (unpaired) electrons. The van der Waals surface area contributed by atoms with Crippen molar-refractivity contribution in [1.82, 2.24) is 0 Å². The van der Waals surface area contributed by atoms with E-state index in [1.54, 1.807) is 0 Å². The van der Waals surface area contributed by atoms with Crippen LogP contribution in [0.2, 0.25) is 0 Å². The Balaban J connectivity index is 1.99. The second-order valence-electron chi connectivity index (χ2n) is 6.05. The summed E-state index contributed by atoms with van der Waals surface area (Å²) >= 11 is 0. The van der Waals surface area contributed by atoms with Crippen molar-refractivity contribution >= 4 is 17.7 Å². The minimum atomic E-state index is 0.578. The zero-order chi connectivity index (χ0) is 15.0. The van der Waals surface area contributed by atoms with Gasteiger partial charge in [-0.25, -0.2) is 0 Å². The normalized spacial score (nSPS) is 18.4. The molecule has 1 atom stereocenters. The Bertz CT molecular complexity index is 714. The molecule has 1 heterocycles. The van der Waals surface area contributed by atoms with Crippen LogP contribution in [-0.4, -0.2) is 0 Å². The molecule has 1 aromatic carbocycles. The molecule has 108 valence electrons. The summed E-state index contributed by atoms with van der Waals surface area (Å²) < 4.78 is 6.13. The summed E-state index contributed by atoms with van der Waals surface area (Å²) in [6, 6.07) is 10.3. The van der Waals surface area contributed by atoms with Gasteiger partial charge < -0.3 is 4.42 Å². The third-order valence-corrected chi connectivity index (χ3v) is 4.68. The monoisotopic (exact) mass is 278 g/mol. The van der Waals surface area contributed by atoms with E-state index in [4.69, 9.17) is 4.42 Å². The first kappa shape index (κ1) is 13.9. The van der Waals surface area contributed by atoms with Gasteiger partial charge in [0.2, 0.25) is 0 Å². The third kappa shape index (κ3) is 2.49. The molecule has 1 heteroatoms. The molecule has 0 amide bonds. The average molecular weight is 278 g/mol. The first-order valence-corrected chi connectivity index (χ1v) is 7.61. The molecule has 1 aliphatic carbocycles. The van der Waals surface area contributed by atoms with E-state index in [1.807, 2.05) is 6.07 Å². The topological polar surface area (TPSA) is 13.1 Å². The number of allylic oxidation sites excluding steroid dienone is 2. The Morgan fingerprint density at radius 3 is 2.48 bits per heavy atom. The second kappa shape index (κ2) is 5.40. The molecular formula is C20H22O. The predicted molar refractivity (Wildman–Crippen MR) is 90.0 cm³/mol. The van der Waals surface area contributed by atoms with Crippen molar-refractivity contribution in [3.8, 4) is 0 Å². The van der Waals surface area contributed by atoms with Gasteiger partial charge in [0.05, 0.1) is 0 Å². The van der Waals surface area contributed by atoms with Gasteiger partial charge in [-0.2, -0.15) is 0 Å². The zero-order valence-electron chi connectivity index (χ0n) is 13.2. The van der Waals surface area contributed by atoms with Crippen LogP contribution in [0.3, 0.4) is 0 Å². The molecule has 1 aliphatic rings. The van der Waals surface area contributed by atoms with E-state index >= 15 is 0 Å². The van der Waals surface area contributed by atoms with Gasteiger partial charge in [-0.05, 0) is 43.9 Å². The van der Waals surface area contributed by atoms with Gasteiger partial charge >= 0.3 is 0 Å². The highest BCUT2D eigenvalue weighted by atomic mass is 16.3. The van der Waals surface area contributed by atoms with Crippen molar-refractivity contribution in [2.75, 3.05) is 0 Å². The summed E-state index contributed by atoms with van der Waals surface area (Å²) in [5.74, 6) is 2.72. The fourth-order valence-electron chi connectivity index (χ4n) is 3.12. The van der Waals surface area contributed by atoms with Gasteiger partial charge in [0.1, 0.15) is 11.5 Å². The minimum absolute atomic E-state index is 0.578. The molecule has 0 aliphatic heterocycles. The standard InChI is InChI=1S/C20H22O/c1-13-12-19-20(15(3)14(13)2)16(4)18(21-19)11-10-17-8-6-5-7-9-17/h5-11,13H,12H2,1-4H3. The summed E-state index contributed by atoms with van der Waals surface area (Å²) in [6.07, 6.45) is 5.22. The van der Waals surface area contributed by atoms with Crippen LogP contribution in [0.4, 0.5) is 0 Å². The van der Waals surface area contributed by atoms with Gasteiger partial charge in [-0.3, -0.25) is 0 Å². The van der Waals surface area contributed by atoms with Crippen molar-refractivity contribution in [1.29, 1.82) is 0 Å². The highest BCUT2D eigenvalue weighted by Gasteiger charge is 2.25. The molecule has 1 aromatic heterocycles. The fraction of sp³-hybridized carbons (Fsp3) is 0.300. The van der Waals surface area contributed by atoms with Gasteiger partial charge in [0, 0.05) is 17.5 Å². The van der Waals surface area contributed by atoms with Gasteiger partial charge in [-0.15, -0.1) is 0 Å². The van der Waals surface area contributed by atoms with Gasteiger partial charge in [-0.1, -0.05) is 48.9 Å². The van der Waals surface area contributed by atoms with Crippen LogP contribution in [0, 0.1) is 12.8 Å². The van der Waals surface area contributed by atoms with Crippen LogP contribution < -0.4 is 0 Å². The predicted octanol–water partition coefficient (Wildman–Crippen LogP) is 5.74. The number of hydrogen-bond acceptors (Lipinski definition) is 1. The molecule has 3 rings (SSSR count). The lowest BCUT2D eigenvalue weighted by Gasteiger charge is -2.21. The largest absolute Gasteiger partial charge is 0.461 e. The number of rotatable bonds is 2. The number of furan rings is 1. The smallest absolute Gasteiger partial charge is 0.130 e. The summed E-state index contributed by atoms with van der Waals surface area (Å²) in [6.45, 7) is 8.91. The van der Waals surface area contributed by atoms with Gasteiger partial charge in [0.15, 0.2) is 0 Å². The van der Waals surface area contributed by atoms with Gasteiger partial charge in [0.25, 0.3) is 0 Å². The average Bonchev–Trinajstić information content (AvgIpc) is 2.80. The molecule has 1 nitrogen and oxygen atoms in total. The third-order valence-electron chi connectivity index (χ3n) is 4.68. The molecule has 0 saturated heterocycles. The summed E-state index contributed by atoms with van der Waals surface area (Å²) in [5, 5.41) is 0. The van der Waals surface area contributed by atoms with Crippen LogP contribution in [-0.2, 0) is 6.42 Å². The summed E-state index contributed by atoms with van der Waals surface area (Å²) in [5.41, 5.74) is 6.68. The highest BCUT2D eigenvalue weighted by molar-refractivity contribution is 5.77. The van der Waals surface area contributed by atoms with Crippen molar-refractivity contribution in [3.63, 3.8) is 0 Å². The van der Waals surface area contributed by atoms with Crippen molar-refractivity contribution in [3.05, 3.63) is 64.1 Å². The van der Waals surface area contributed by atoms with E-state index in [-0.39, 0.29) is 0 Å². The van der Waals surface area contributed by atoms with E-state index in [0.717, 1.165) is 17.9 Å². The maximum absolute atomic E-state index is 6.13. The molecule has 0 bridgehead atoms. The number of fused-ring (bicyclic) bond motifs is 1. The van der Waals surface area contributed by atoms with Crippen LogP contribution in [0.15, 0.2) is 40.3 Å². The Hall–Kier alpha value is -2.02. The number of benzene rings is 1. The Kier molecular flexibility index (Phi) is 3.59. The maximum Gasteiger partial charge on any atom is 0.130 e. The Morgan fingerprint density at radius 1 is 1.05 bits per heavy atom. The molecule has 0 fully saturated rings.